The topological polar surface area (TPSA) is 64.1 Å². The van der Waals surface area contributed by atoms with Crippen molar-refractivity contribution in [2.24, 2.45) is 0 Å². The number of thiophene rings is 1. The molecule has 2 heterocycles. The van der Waals surface area contributed by atoms with Gasteiger partial charge in [0.1, 0.15) is 17.0 Å². The van der Waals surface area contributed by atoms with E-state index in [1.807, 2.05) is 24.3 Å². The number of anilines is 2. The van der Waals surface area contributed by atoms with Gasteiger partial charge in [-0.1, -0.05) is 36.4 Å². The summed E-state index contributed by atoms with van der Waals surface area (Å²) in [6.07, 6.45) is 1.54. The molecule has 4 aromatic rings. The molecule has 0 unspecified atom stereocenters. The number of ether oxygens (including phenoxy) is 1. The van der Waals surface area contributed by atoms with Crippen LogP contribution in [-0.2, 0) is 4.74 Å². The second kappa shape index (κ2) is 6.93. The lowest BCUT2D eigenvalue weighted by molar-refractivity contribution is 0.0601. The van der Waals surface area contributed by atoms with Crippen LogP contribution >= 0.6 is 11.3 Å². The van der Waals surface area contributed by atoms with Gasteiger partial charge >= 0.3 is 5.97 Å². The van der Waals surface area contributed by atoms with E-state index < -0.39 is 0 Å². The maximum absolute atomic E-state index is 11.8. The Kier molecular flexibility index (Phi) is 4.33. The van der Waals surface area contributed by atoms with E-state index in [1.54, 1.807) is 35.9 Å². The van der Waals surface area contributed by atoms with E-state index >= 15 is 0 Å². The molecule has 0 spiro atoms. The maximum atomic E-state index is 11.8. The molecule has 2 aromatic carbocycles. The van der Waals surface area contributed by atoms with Crippen LogP contribution in [0.25, 0.3) is 21.3 Å². The molecule has 0 fully saturated rings. The predicted octanol–water partition coefficient (Wildman–Crippen LogP) is 4.89. The van der Waals surface area contributed by atoms with Crippen molar-refractivity contribution in [1.29, 1.82) is 0 Å². The molecule has 0 saturated heterocycles. The summed E-state index contributed by atoms with van der Waals surface area (Å²) in [5, 5.41) is 6.36. The van der Waals surface area contributed by atoms with Crippen molar-refractivity contribution in [3.8, 4) is 11.1 Å². The quantitative estimate of drug-likeness (QED) is 0.524. The summed E-state index contributed by atoms with van der Waals surface area (Å²) in [6.45, 7) is 0. The summed E-state index contributed by atoms with van der Waals surface area (Å²) in [5.74, 6) is 0.333. The number of nitrogens with zero attached hydrogens (tertiary/aromatic N) is 2. The number of hydrogen-bond donors (Lipinski definition) is 1. The van der Waals surface area contributed by atoms with Gasteiger partial charge in [0.05, 0.1) is 18.1 Å². The largest absolute Gasteiger partial charge is 0.465 e. The number of carbonyl (C=O) groups is 1. The first-order valence-corrected chi connectivity index (χ1v) is 8.87. The van der Waals surface area contributed by atoms with E-state index in [0.717, 1.165) is 27.0 Å². The molecule has 2 aromatic heterocycles. The van der Waals surface area contributed by atoms with Crippen LogP contribution in [0.3, 0.4) is 0 Å². The van der Waals surface area contributed by atoms with Gasteiger partial charge in [0.15, 0.2) is 0 Å². The number of esters is 1. The van der Waals surface area contributed by atoms with E-state index in [0.29, 0.717) is 11.4 Å². The highest BCUT2D eigenvalue weighted by atomic mass is 32.1. The molecular weight excluding hydrogens is 346 g/mol. The average Bonchev–Trinajstić information content (AvgIpc) is 3.13. The Hall–Kier alpha value is -3.25. The Labute approximate surface area is 154 Å². The first kappa shape index (κ1) is 16.2. The lowest BCUT2D eigenvalue weighted by atomic mass is 10.1. The summed E-state index contributed by atoms with van der Waals surface area (Å²) in [5.41, 5.74) is 3.44. The molecule has 0 aliphatic heterocycles. The number of methoxy groups -OCH3 is 1. The molecule has 4 rings (SSSR count). The maximum Gasteiger partial charge on any atom is 0.337 e. The fourth-order valence-electron chi connectivity index (χ4n) is 2.78. The molecule has 5 nitrogen and oxygen atoms in total. The Morgan fingerprint density at radius 2 is 1.92 bits per heavy atom. The minimum absolute atomic E-state index is 0.373. The van der Waals surface area contributed by atoms with E-state index in [9.17, 15) is 4.79 Å². The normalized spacial score (nSPS) is 10.7. The predicted molar refractivity (Wildman–Crippen MR) is 104 cm³/mol. The van der Waals surface area contributed by atoms with E-state index in [1.165, 1.54) is 7.11 Å². The lowest BCUT2D eigenvalue weighted by Gasteiger charge is -2.09. The number of rotatable bonds is 4. The van der Waals surface area contributed by atoms with Gasteiger partial charge in [-0.25, -0.2) is 14.8 Å². The molecule has 128 valence electrons. The second-order valence-electron chi connectivity index (χ2n) is 5.62. The van der Waals surface area contributed by atoms with Crippen LogP contribution < -0.4 is 5.32 Å². The van der Waals surface area contributed by atoms with Crippen molar-refractivity contribution in [1.82, 2.24) is 9.97 Å². The van der Waals surface area contributed by atoms with Crippen LogP contribution in [0.4, 0.5) is 11.5 Å². The minimum Gasteiger partial charge on any atom is -0.465 e. The molecule has 0 radical (unpaired) electrons. The number of carbonyl (C=O) groups excluding carboxylic acids is 1. The molecule has 0 atom stereocenters. The number of hydrogen-bond acceptors (Lipinski definition) is 6. The van der Waals surface area contributed by atoms with Gasteiger partial charge in [0.2, 0.25) is 0 Å². The highest BCUT2D eigenvalue weighted by molar-refractivity contribution is 7.17. The van der Waals surface area contributed by atoms with Gasteiger partial charge in [-0.2, -0.15) is 0 Å². The Morgan fingerprint density at radius 1 is 1.08 bits per heavy atom. The SMILES string of the molecule is COC(=O)c1cccc(Nc2ncnc3scc(-c4ccccc4)c23)c1. The molecule has 1 N–H and O–H groups in total. The van der Waals surface area contributed by atoms with Gasteiger partial charge < -0.3 is 10.1 Å². The number of nitrogens with one attached hydrogen (secondary N) is 1. The second-order valence-corrected chi connectivity index (χ2v) is 6.47. The monoisotopic (exact) mass is 361 g/mol. The zero-order valence-electron chi connectivity index (χ0n) is 14.0. The highest BCUT2D eigenvalue weighted by Crippen LogP contribution is 2.37. The van der Waals surface area contributed by atoms with Crippen molar-refractivity contribution in [2.75, 3.05) is 12.4 Å². The summed E-state index contributed by atoms with van der Waals surface area (Å²) in [4.78, 5) is 21.5. The average molecular weight is 361 g/mol. The number of fused-ring (bicyclic) bond motifs is 1. The number of benzene rings is 2. The summed E-state index contributed by atoms with van der Waals surface area (Å²) >= 11 is 1.58. The Bertz CT molecular complexity index is 1080. The summed E-state index contributed by atoms with van der Waals surface area (Å²) in [6, 6.07) is 17.3. The molecular formula is C20H15N3O2S. The van der Waals surface area contributed by atoms with Gasteiger partial charge in [-0.15, -0.1) is 11.3 Å². The Morgan fingerprint density at radius 3 is 2.73 bits per heavy atom. The third-order valence-corrected chi connectivity index (χ3v) is 4.89. The van der Waals surface area contributed by atoms with Gasteiger partial charge in [0, 0.05) is 16.6 Å². The fraction of sp³-hybridized carbons (Fsp3) is 0.0500. The van der Waals surface area contributed by atoms with Gasteiger partial charge in [0.25, 0.3) is 0 Å². The van der Waals surface area contributed by atoms with Crippen molar-refractivity contribution >= 4 is 39.0 Å². The zero-order chi connectivity index (χ0) is 17.9. The summed E-state index contributed by atoms with van der Waals surface area (Å²) in [7, 11) is 1.37. The van der Waals surface area contributed by atoms with Crippen molar-refractivity contribution in [2.45, 2.75) is 0 Å². The summed E-state index contributed by atoms with van der Waals surface area (Å²) < 4.78 is 4.79. The first-order valence-electron chi connectivity index (χ1n) is 7.99. The number of aromatic nitrogens is 2. The molecule has 0 saturated carbocycles. The molecule has 0 aliphatic carbocycles. The van der Waals surface area contributed by atoms with Crippen LogP contribution in [0.1, 0.15) is 10.4 Å². The van der Waals surface area contributed by atoms with Crippen molar-refractivity contribution in [3.63, 3.8) is 0 Å². The lowest BCUT2D eigenvalue weighted by Crippen LogP contribution is -2.02. The molecule has 0 bridgehead atoms. The minimum atomic E-state index is -0.373. The van der Waals surface area contributed by atoms with Crippen LogP contribution in [-0.4, -0.2) is 23.0 Å². The third-order valence-electron chi connectivity index (χ3n) is 4.00. The molecule has 26 heavy (non-hydrogen) atoms. The van der Waals surface area contributed by atoms with Crippen LogP contribution in [0.5, 0.6) is 0 Å². The van der Waals surface area contributed by atoms with Gasteiger partial charge in [-0.3, -0.25) is 0 Å². The zero-order valence-corrected chi connectivity index (χ0v) is 14.8. The van der Waals surface area contributed by atoms with Crippen LogP contribution in [0.15, 0.2) is 66.3 Å². The molecule has 0 amide bonds. The standard InChI is InChI=1S/C20H15N3O2S/c1-25-20(24)14-8-5-9-15(10-14)23-18-17-16(13-6-3-2-4-7-13)11-26-19(17)22-12-21-18/h2-12H,1H3,(H,21,22,23). The third kappa shape index (κ3) is 3.02. The van der Waals surface area contributed by atoms with E-state index in [4.69, 9.17) is 4.74 Å². The van der Waals surface area contributed by atoms with Crippen molar-refractivity contribution in [3.05, 3.63) is 71.9 Å². The van der Waals surface area contributed by atoms with Crippen LogP contribution in [0, 0.1) is 0 Å². The molecule has 6 heteroatoms. The molecule has 0 aliphatic rings. The highest BCUT2D eigenvalue weighted by Gasteiger charge is 2.14. The first-order chi connectivity index (χ1) is 12.8. The van der Waals surface area contributed by atoms with Crippen molar-refractivity contribution < 1.29 is 9.53 Å². The van der Waals surface area contributed by atoms with Crippen LogP contribution in [0.2, 0.25) is 0 Å². The van der Waals surface area contributed by atoms with Gasteiger partial charge in [-0.05, 0) is 23.8 Å². The Balaban J connectivity index is 1.78. The van der Waals surface area contributed by atoms with E-state index in [2.05, 4.69) is 32.8 Å². The van der Waals surface area contributed by atoms with E-state index in [-0.39, 0.29) is 5.97 Å². The fourth-order valence-corrected chi connectivity index (χ4v) is 3.69. The smallest absolute Gasteiger partial charge is 0.337 e.